The number of amidine groups is 1. The van der Waals surface area contributed by atoms with E-state index in [2.05, 4.69) is 15.6 Å². The Morgan fingerprint density at radius 2 is 2.53 bits per heavy atom. The van der Waals surface area contributed by atoms with Gasteiger partial charge in [-0.05, 0) is 0 Å². The number of carbonyl (C=O) groups excluding carboxylic acids is 1. The van der Waals surface area contributed by atoms with Crippen LogP contribution in [0.15, 0.2) is 17.5 Å². The molecule has 1 aromatic heterocycles. The van der Waals surface area contributed by atoms with Crippen molar-refractivity contribution in [1.29, 1.82) is 0 Å². The van der Waals surface area contributed by atoms with E-state index in [4.69, 9.17) is 10.9 Å². The molecular weight excluding hydrogens is 198 g/mol. The molecule has 1 aromatic rings. The van der Waals surface area contributed by atoms with Crippen LogP contribution in [0.4, 0.5) is 0 Å². The van der Waals surface area contributed by atoms with Gasteiger partial charge >= 0.3 is 0 Å². The second kappa shape index (κ2) is 4.99. The zero-order chi connectivity index (χ0) is 11.3. The van der Waals surface area contributed by atoms with Gasteiger partial charge in [-0.1, -0.05) is 5.16 Å². The highest BCUT2D eigenvalue weighted by Crippen LogP contribution is 1.95. The van der Waals surface area contributed by atoms with Crippen molar-refractivity contribution in [2.45, 2.75) is 13.0 Å². The van der Waals surface area contributed by atoms with E-state index in [1.165, 1.54) is 0 Å². The van der Waals surface area contributed by atoms with Crippen LogP contribution in [0.25, 0.3) is 0 Å². The monoisotopic (exact) mass is 211 g/mol. The molecule has 0 atom stereocenters. The highest BCUT2D eigenvalue weighted by molar-refractivity contribution is 5.98. The summed E-state index contributed by atoms with van der Waals surface area (Å²) in [6.07, 6.45) is 3.34. The smallest absolute Gasteiger partial charge is 0.227 e. The number of hydrogen-bond acceptors (Lipinski definition) is 4. The van der Waals surface area contributed by atoms with Gasteiger partial charge in [0.2, 0.25) is 5.91 Å². The van der Waals surface area contributed by atoms with Crippen molar-refractivity contribution in [3.8, 4) is 0 Å². The van der Waals surface area contributed by atoms with Crippen molar-refractivity contribution >= 4 is 11.7 Å². The second-order valence-electron chi connectivity index (χ2n) is 3.07. The number of nitrogens with two attached hydrogens (primary N) is 1. The molecule has 7 heteroatoms. The number of amides is 1. The maximum absolute atomic E-state index is 11.2. The fraction of sp³-hybridized carbons (Fsp3) is 0.375. The number of hydrogen-bond donors (Lipinski definition) is 3. The van der Waals surface area contributed by atoms with Crippen LogP contribution >= 0.6 is 0 Å². The van der Waals surface area contributed by atoms with E-state index in [0.29, 0.717) is 6.54 Å². The third-order valence-corrected chi connectivity index (χ3v) is 1.72. The van der Waals surface area contributed by atoms with Crippen molar-refractivity contribution < 1.29 is 10.0 Å². The average molecular weight is 211 g/mol. The largest absolute Gasteiger partial charge is 0.409 e. The molecule has 0 fully saturated rings. The van der Waals surface area contributed by atoms with Gasteiger partial charge in [-0.2, -0.15) is 5.10 Å². The van der Waals surface area contributed by atoms with Crippen LogP contribution in [0.2, 0.25) is 0 Å². The van der Waals surface area contributed by atoms with Gasteiger partial charge in [-0.3, -0.25) is 9.48 Å². The molecule has 82 valence electrons. The fourth-order valence-corrected chi connectivity index (χ4v) is 1.03. The molecule has 15 heavy (non-hydrogen) atoms. The van der Waals surface area contributed by atoms with E-state index in [9.17, 15) is 4.79 Å². The number of carbonyl (C=O) groups is 1. The van der Waals surface area contributed by atoms with Crippen molar-refractivity contribution in [2.75, 3.05) is 0 Å². The second-order valence-corrected chi connectivity index (χ2v) is 3.07. The van der Waals surface area contributed by atoms with Crippen LogP contribution < -0.4 is 11.1 Å². The molecule has 1 heterocycles. The minimum absolute atomic E-state index is 0.112. The minimum Gasteiger partial charge on any atom is -0.409 e. The summed E-state index contributed by atoms with van der Waals surface area (Å²) in [4.78, 5) is 11.2. The molecule has 0 bridgehead atoms. The third-order valence-electron chi connectivity index (χ3n) is 1.72. The zero-order valence-corrected chi connectivity index (χ0v) is 8.34. The molecule has 0 radical (unpaired) electrons. The maximum atomic E-state index is 11.2. The molecule has 0 unspecified atom stereocenters. The van der Waals surface area contributed by atoms with Crippen molar-refractivity contribution in [3.05, 3.63) is 18.0 Å². The van der Waals surface area contributed by atoms with Gasteiger partial charge in [0.05, 0.1) is 12.6 Å². The summed E-state index contributed by atoms with van der Waals surface area (Å²) in [5.74, 6) is -0.409. The standard InChI is InChI=1S/C8H13N5O2/c1-13-5-6(4-11-13)3-10-8(14)2-7(9)12-15/h4-5,15H,2-3H2,1H3,(H2,9,12)(H,10,14). The molecule has 4 N–H and O–H groups in total. The SMILES string of the molecule is Cn1cc(CNC(=O)CC(N)=NO)cn1. The minimum atomic E-state index is -0.297. The van der Waals surface area contributed by atoms with Crippen LogP contribution in [0.3, 0.4) is 0 Å². The summed E-state index contributed by atoms with van der Waals surface area (Å²) in [6, 6.07) is 0. The molecule has 0 aliphatic carbocycles. The van der Waals surface area contributed by atoms with E-state index < -0.39 is 0 Å². The molecule has 0 spiro atoms. The zero-order valence-electron chi connectivity index (χ0n) is 8.34. The molecule has 0 aliphatic heterocycles. The van der Waals surface area contributed by atoms with Crippen LogP contribution in [0.5, 0.6) is 0 Å². The fourth-order valence-electron chi connectivity index (χ4n) is 1.03. The Balaban J connectivity index is 2.34. The summed E-state index contributed by atoms with van der Waals surface area (Å²) < 4.78 is 1.64. The van der Waals surface area contributed by atoms with Crippen LogP contribution in [-0.4, -0.2) is 26.7 Å². The number of oxime groups is 1. The first kappa shape index (κ1) is 11.0. The molecule has 0 aromatic carbocycles. The highest BCUT2D eigenvalue weighted by atomic mass is 16.4. The first-order valence-electron chi connectivity index (χ1n) is 4.32. The van der Waals surface area contributed by atoms with Crippen LogP contribution in [0, 0.1) is 0 Å². The van der Waals surface area contributed by atoms with Gasteiger partial charge in [-0.25, -0.2) is 0 Å². The Hall–Kier alpha value is -2.05. The highest BCUT2D eigenvalue weighted by Gasteiger charge is 2.04. The first-order chi connectivity index (χ1) is 7.11. The molecule has 0 aliphatic rings. The molecule has 1 rings (SSSR count). The summed E-state index contributed by atoms with van der Waals surface area (Å²) in [7, 11) is 1.79. The van der Waals surface area contributed by atoms with Gasteiger partial charge in [0.15, 0.2) is 0 Å². The lowest BCUT2D eigenvalue weighted by atomic mass is 10.3. The van der Waals surface area contributed by atoms with Crippen LogP contribution in [-0.2, 0) is 18.4 Å². The molecule has 0 saturated carbocycles. The number of nitrogens with one attached hydrogen (secondary N) is 1. The molecule has 7 nitrogen and oxygen atoms in total. The maximum Gasteiger partial charge on any atom is 0.227 e. The Morgan fingerprint density at radius 1 is 1.80 bits per heavy atom. The van der Waals surface area contributed by atoms with Gasteiger partial charge in [0.25, 0.3) is 0 Å². The lowest BCUT2D eigenvalue weighted by Gasteiger charge is -2.01. The summed E-state index contributed by atoms with van der Waals surface area (Å²) in [5.41, 5.74) is 6.06. The Kier molecular flexibility index (Phi) is 3.67. The Bertz CT molecular complexity index is 371. The van der Waals surface area contributed by atoms with Crippen molar-refractivity contribution in [3.63, 3.8) is 0 Å². The van der Waals surface area contributed by atoms with E-state index in [0.717, 1.165) is 5.56 Å². The summed E-state index contributed by atoms with van der Waals surface area (Å²) in [6.45, 7) is 0.380. The molecular formula is C8H13N5O2. The third kappa shape index (κ3) is 3.67. The predicted molar refractivity (Wildman–Crippen MR) is 53.1 cm³/mol. The summed E-state index contributed by atoms with van der Waals surface area (Å²) >= 11 is 0. The number of aryl methyl sites for hydroxylation is 1. The topological polar surface area (TPSA) is 106 Å². The number of nitrogens with zero attached hydrogens (tertiary/aromatic N) is 3. The van der Waals surface area contributed by atoms with Gasteiger partial charge in [0, 0.05) is 25.4 Å². The normalized spacial score (nSPS) is 11.4. The van der Waals surface area contributed by atoms with Gasteiger partial charge < -0.3 is 16.3 Å². The predicted octanol–water partition coefficient (Wildman–Crippen LogP) is -0.827. The van der Waals surface area contributed by atoms with Gasteiger partial charge in [0.1, 0.15) is 5.84 Å². The van der Waals surface area contributed by atoms with Crippen molar-refractivity contribution in [2.24, 2.45) is 17.9 Å². The Morgan fingerprint density at radius 3 is 3.07 bits per heavy atom. The van der Waals surface area contributed by atoms with Gasteiger partial charge in [-0.15, -0.1) is 0 Å². The summed E-state index contributed by atoms with van der Waals surface area (Å²) in [5, 5.41) is 17.5. The van der Waals surface area contributed by atoms with E-state index in [-0.39, 0.29) is 18.2 Å². The van der Waals surface area contributed by atoms with Crippen molar-refractivity contribution in [1.82, 2.24) is 15.1 Å². The van der Waals surface area contributed by atoms with E-state index >= 15 is 0 Å². The van der Waals surface area contributed by atoms with E-state index in [1.807, 2.05) is 0 Å². The molecule has 1 amide bonds. The first-order valence-corrected chi connectivity index (χ1v) is 4.32. The lowest BCUT2D eigenvalue weighted by molar-refractivity contribution is -0.120. The number of aromatic nitrogens is 2. The van der Waals surface area contributed by atoms with Crippen LogP contribution in [0.1, 0.15) is 12.0 Å². The average Bonchev–Trinajstić information content (AvgIpc) is 2.61. The Labute approximate surface area is 86.6 Å². The molecule has 0 saturated heterocycles. The number of rotatable bonds is 4. The van der Waals surface area contributed by atoms with E-state index in [1.54, 1.807) is 24.1 Å². The quantitative estimate of drug-likeness (QED) is 0.261. The lowest BCUT2D eigenvalue weighted by Crippen LogP contribution is -2.28.